The minimum atomic E-state index is -4.09. The van der Waals surface area contributed by atoms with Crippen LogP contribution in [-0.2, 0) is 26.2 Å². The van der Waals surface area contributed by atoms with E-state index in [0.29, 0.717) is 11.3 Å². The van der Waals surface area contributed by atoms with Gasteiger partial charge in [-0.05, 0) is 30.7 Å². The molecule has 190 valence electrons. The van der Waals surface area contributed by atoms with Crippen molar-refractivity contribution >= 4 is 33.2 Å². The third-order valence-electron chi connectivity index (χ3n) is 5.25. The molecule has 0 bridgehead atoms. The number of carbonyl (C=O) groups excluding carboxylic acids is 2. The van der Waals surface area contributed by atoms with Crippen molar-refractivity contribution in [3.05, 3.63) is 58.1 Å². The number of anilines is 1. The van der Waals surface area contributed by atoms with Crippen molar-refractivity contribution in [3.63, 3.8) is 0 Å². The number of nitro groups is 1. The monoisotopic (exact) mass is 508 g/mol. The van der Waals surface area contributed by atoms with Gasteiger partial charge in [0.05, 0.1) is 25.4 Å². The Labute approximate surface area is 203 Å². The molecule has 0 aliphatic rings. The van der Waals surface area contributed by atoms with Crippen LogP contribution in [0.25, 0.3) is 0 Å². The first-order valence-corrected chi connectivity index (χ1v) is 12.2. The van der Waals surface area contributed by atoms with E-state index in [-0.39, 0.29) is 23.7 Å². The van der Waals surface area contributed by atoms with Crippen molar-refractivity contribution < 1.29 is 32.4 Å². The number of non-ortho nitro benzene ring substituents is 1. The molecule has 12 nitrogen and oxygen atoms in total. The predicted octanol–water partition coefficient (Wildman–Crippen LogP) is 1.54. The summed E-state index contributed by atoms with van der Waals surface area (Å²) in [6.07, 6.45) is 0.870. The molecule has 0 heterocycles. The average molecular weight is 509 g/mol. The zero-order chi connectivity index (χ0) is 26.3. The second-order valence-corrected chi connectivity index (χ2v) is 9.45. The highest BCUT2D eigenvalue weighted by Crippen LogP contribution is 2.33. The SMILES string of the molecule is CNC(=O)[C@H](C)N(Cc1ccc(OC)cc1)C(=O)CN(c1cc([N+](=O)[O-])ccc1OC)S(C)(=O)=O. The van der Waals surface area contributed by atoms with Crippen molar-refractivity contribution in [2.75, 3.05) is 38.4 Å². The van der Waals surface area contributed by atoms with Gasteiger partial charge in [0.1, 0.15) is 29.8 Å². The summed E-state index contributed by atoms with van der Waals surface area (Å²) in [5.41, 5.74) is 0.124. The minimum Gasteiger partial charge on any atom is -0.497 e. The van der Waals surface area contributed by atoms with E-state index < -0.39 is 39.3 Å². The highest BCUT2D eigenvalue weighted by atomic mass is 32.2. The molecule has 2 aromatic carbocycles. The Hall–Kier alpha value is -3.87. The molecule has 0 saturated heterocycles. The van der Waals surface area contributed by atoms with Crippen LogP contribution in [0.3, 0.4) is 0 Å². The number of sulfonamides is 1. The molecule has 0 aliphatic carbocycles. The Bertz CT molecular complexity index is 1180. The number of carbonyl (C=O) groups is 2. The Morgan fingerprint density at radius 1 is 1.11 bits per heavy atom. The fourth-order valence-corrected chi connectivity index (χ4v) is 4.15. The number of nitrogens with zero attached hydrogens (tertiary/aromatic N) is 3. The lowest BCUT2D eigenvalue weighted by molar-refractivity contribution is -0.384. The zero-order valence-electron chi connectivity index (χ0n) is 20.0. The van der Waals surface area contributed by atoms with E-state index in [1.165, 1.54) is 39.2 Å². The summed E-state index contributed by atoms with van der Waals surface area (Å²) < 4.78 is 36.4. The molecule has 1 atom stereocenters. The third-order valence-corrected chi connectivity index (χ3v) is 6.37. The van der Waals surface area contributed by atoms with E-state index in [1.807, 2.05) is 0 Å². The first-order valence-electron chi connectivity index (χ1n) is 10.4. The van der Waals surface area contributed by atoms with Crippen LogP contribution >= 0.6 is 0 Å². The first kappa shape index (κ1) is 27.4. The molecule has 0 radical (unpaired) electrons. The van der Waals surface area contributed by atoms with Gasteiger partial charge in [0.25, 0.3) is 5.69 Å². The van der Waals surface area contributed by atoms with E-state index in [1.54, 1.807) is 24.3 Å². The smallest absolute Gasteiger partial charge is 0.271 e. The number of rotatable bonds is 11. The van der Waals surface area contributed by atoms with Gasteiger partial charge in [-0.3, -0.25) is 24.0 Å². The van der Waals surface area contributed by atoms with Gasteiger partial charge in [0.15, 0.2) is 0 Å². The van der Waals surface area contributed by atoms with Crippen LogP contribution < -0.4 is 19.1 Å². The van der Waals surface area contributed by atoms with Crippen molar-refractivity contribution in [1.29, 1.82) is 0 Å². The van der Waals surface area contributed by atoms with Crippen LogP contribution in [0.4, 0.5) is 11.4 Å². The summed E-state index contributed by atoms with van der Waals surface area (Å²) in [5, 5.41) is 13.7. The molecule has 0 saturated carbocycles. The van der Waals surface area contributed by atoms with Crippen molar-refractivity contribution in [2.24, 2.45) is 0 Å². The molecule has 2 amide bonds. The second kappa shape index (κ2) is 11.5. The lowest BCUT2D eigenvalue weighted by Gasteiger charge is -2.31. The number of hydrogen-bond donors (Lipinski definition) is 1. The molecule has 0 aliphatic heterocycles. The Morgan fingerprint density at radius 3 is 2.23 bits per heavy atom. The summed E-state index contributed by atoms with van der Waals surface area (Å²) in [7, 11) is 0.122. The lowest BCUT2D eigenvalue weighted by atomic mass is 10.1. The van der Waals surface area contributed by atoms with E-state index in [4.69, 9.17) is 9.47 Å². The number of hydrogen-bond acceptors (Lipinski definition) is 8. The summed E-state index contributed by atoms with van der Waals surface area (Å²) >= 11 is 0. The van der Waals surface area contributed by atoms with Crippen LogP contribution in [0.1, 0.15) is 12.5 Å². The molecule has 2 aromatic rings. The highest BCUT2D eigenvalue weighted by Gasteiger charge is 2.31. The van der Waals surface area contributed by atoms with Gasteiger partial charge in [0.2, 0.25) is 21.8 Å². The van der Waals surface area contributed by atoms with E-state index in [2.05, 4.69) is 5.32 Å². The number of nitrogens with one attached hydrogen (secondary N) is 1. The fourth-order valence-electron chi connectivity index (χ4n) is 3.30. The standard InChI is InChI=1S/C22H28N4O8S/c1-15(22(28)23-2)24(13-16-6-9-18(33-3)10-7-16)21(27)14-25(35(5,31)32)19-12-17(26(29)30)8-11-20(19)34-4/h6-12,15H,13-14H2,1-5H3,(H,23,28)/t15-/m0/s1. The molecule has 35 heavy (non-hydrogen) atoms. The first-order chi connectivity index (χ1) is 16.4. The van der Waals surface area contributed by atoms with Crippen molar-refractivity contribution in [3.8, 4) is 11.5 Å². The van der Waals surface area contributed by atoms with E-state index in [0.717, 1.165) is 22.7 Å². The van der Waals surface area contributed by atoms with Crippen molar-refractivity contribution in [1.82, 2.24) is 10.2 Å². The molecule has 1 N–H and O–H groups in total. The van der Waals surface area contributed by atoms with Crippen LogP contribution in [0.2, 0.25) is 0 Å². The number of likely N-dealkylation sites (N-methyl/N-ethyl adjacent to an activating group) is 1. The summed E-state index contributed by atoms with van der Waals surface area (Å²) in [4.78, 5) is 37.6. The molecule has 2 rings (SSSR count). The van der Waals surface area contributed by atoms with Crippen LogP contribution in [-0.4, -0.2) is 70.2 Å². The van der Waals surface area contributed by atoms with Crippen LogP contribution in [0.15, 0.2) is 42.5 Å². The normalized spacial score (nSPS) is 11.8. The average Bonchev–Trinajstić information content (AvgIpc) is 2.83. The second-order valence-electron chi connectivity index (χ2n) is 7.54. The van der Waals surface area contributed by atoms with Gasteiger partial charge >= 0.3 is 0 Å². The van der Waals surface area contributed by atoms with Gasteiger partial charge < -0.3 is 19.7 Å². The number of nitro benzene ring substituents is 1. The highest BCUT2D eigenvalue weighted by molar-refractivity contribution is 7.92. The predicted molar refractivity (Wildman–Crippen MR) is 129 cm³/mol. The number of ether oxygens (including phenoxy) is 2. The third kappa shape index (κ3) is 6.82. The number of benzene rings is 2. The number of amides is 2. The summed E-state index contributed by atoms with van der Waals surface area (Å²) in [5.74, 6) is -0.525. The molecule has 13 heteroatoms. The van der Waals surface area contributed by atoms with Gasteiger partial charge in [-0.1, -0.05) is 12.1 Å². The van der Waals surface area contributed by atoms with Gasteiger partial charge in [-0.2, -0.15) is 0 Å². The van der Waals surface area contributed by atoms with Gasteiger partial charge in [-0.15, -0.1) is 0 Å². The van der Waals surface area contributed by atoms with Crippen molar-refractivity contribution in [2.45, 2.75) is 19.5 Å². The van der Waals surface area contributed by atoms with E-state index in [9.17, 15) is 28.1 Å². The quantitative estimate of drug-likeness (QED) is 0.355. The largest absolute Gasteiger partial charge is 0.497 e. The topological polar surface area (TPSA) is 148 Å². The lowest BCUT2D eigenvalue weighted by Crippen LogP contribution is -2.50. The maximum Gasteiger partial charge on any atom is 0.271 e. The van der Waals surface area contributed by atoms with Gasteiger partial charge in [-0.25, -0.2) is 8.42 Å². The van der Waals surface area contributed by atoms with Gasteiger partial charge in [0, 0.05) is 25.7 Å². The molecule has 0 spiro atoms. The van der Waals surface area contributed by atoms with E-state index >= 15 is 0 Å². The zero-order valence-corrected chi connectivity index (χ0v) is 20.9. The Balaban J connectivity index is 2.49. The Morgan fingerprint density at radius 2 is 1.74 bits per heavy atom. The molecule has 0 unspecified atom stereocenters. The van der Waals surface area contributed by atoms with Crippen LogP contribution in [0.5, 0.6) is 11.5 Å². The molecular formula is C22H28N4O8S. The summed E-state index contributed by atoms with van der Waals surface area (Å²) in [6, 6.07) is 9.30. The summed E-state index contributed by atoms with van der Waals surface area (Å²) in [6.45, 7) is 0.800. The molecule has 0 fully saturated rings. The fraction of sp³-hybridized carbons (Fsp3) is 0.364. The molecule has 0 aromatic heterocycles. The maximum absolute atomic E-state index is 13.4. The molecular weight excluding hydrogens is 480 g/mol. The number of methoxy groups -OCH3 is 2. The minimum absolute atomic E-state index is 0.00108. The Kier molecular flexibility index (Phi) is 9.00. The maximum atomic E-state index is 13.4. The van der Waals surface area contributed by atoms with Crippen LogP contribution in [0, 0.1) is 10.1 Å².